The highest BCUT2D eigenvalue weighted by Crippen LogP contribution is 2.27. The van der Waals surface area contributed by atoms with E-state index in [4.69, 9.17) is 0 Å². The number of amides is 1. The lowest BCUT2D eigenvalue weighted by Crippen LogP contribution is -2.47. The molecule has 1 fully saturated rings. The molecule has 2 heterocycles. The smallest absolute Gasteiger partial charge is 0.272 e. The van der Waals surface area contributed by atoms with Gasteiger partial charge in [-0.25, -0.2) is 0 Å². The summed E-state index contributed by atoms with van der Waals surface area (Å²) in [5.41, 5.74) is 3.23. The van der Waals surface area contributed by atoms with Crippen LogP contribution < -0.4 is 0 Å². The quantitative estimate of drug-likeness (QED) is 0.463. The minimum absolute atomic E-state index is 0.0156. The van der Waals surface area contributed by atoms with E-state index in [2.05, 4.69) is 70.5 Å². The molecule has 1 saturated heterocycles. The van der Waals surface area contributed by atoms with Crippen molar-refractivity contribution in [1.82, 2.24) is 14.8 Å². The maximum atomic E-state index is 13.2. The highest BCUT2D eigenvalue weighted by atomic mass is 16.2. The summed E-state index contributed by atoms with van der Waals surface area (Å²) >= 11 is 0. The predicted octanol–water partition coefficient (Wildman–Crippen LogP) is 5.11. The van der Waals surface area contributed by atoms with Crippen LogP contribution in [-0.4, -0.2) is 53.4 Å². The number of likely N-dealkylation sites (N-methyl/N-ethyl adjacent to an activating group) is 1. The van der Waals surface area contributed by atoms with E-state index in [9.17, 15) is 4.79 Å². The molecule has 1 aliphatic rings. The average molecular weight is 442 g/mol. The van der Waals surface area contributed by atoms with Crippen LogP contribution in [0.25, 0.3) is 0 Å². The largest absolute Gasteiger partial charge is 0.337 e. The summed E-state index contributed by atoms with van der Waals surface area (Å²) in [6.07, 6.45) is 7.17. The van der Waals surface area contributed by atoms with Crippen molar-refractivity contribution < 1.29 is 4.79 Å². The summed E-state index contributed by atoms with van der Waals surface area (Å²) < 4.78 is 0. The molecule has 2 aromatic carbocycles. The number of pyridine rings is 1. The van der Waals surface area contributed by atoms with Gasteiger partial charge >= 0.3 is 0 Å². The molecule has 1 aliphatic heterocycles. The van der Waals surface area contributed by atoms with Crippen LogP contribution in [0, 0.1) is 5.92 Å². The number of aromatic nitrogens is 1. The molecule has 0 saturated carbocycles. The van der Waals surface area contributed by atoms with Gasteiger partial charge in [0.25, 0.3) is 5.91 Å². The maximum absolute atomic E-state index is 13.2. The zero-order valence-corrected chi connectivity index (χ0v) is 19.6. The third-order valence-electron chi connectivity index (χ3n) is 6.95. The molecule has 0 spiro atoms. The van der Waals surface area contributed by atoms with E-state index in [0.29, 0.717) is 11.6 Å². The van der Waals surface area contributed by atoms with E-state index >= 15 is 0 Å². The molecular weight excluding hydrogens is 406 g/mol. The Bertz CT molecular complexity index is 970. The summed E-state index contributed by atoms with van der Waals surface area (Å²) in [6.45, 7) is 3.36. The molecule has 0 N–H and O–H groups in total. The summed E-state index contributed by atoms with van der Waals surface area (Å²) in [5.74, 6) is 0.509. The normalized spacial score (nSPS) is 15.8. The van der Waals surface area contributed by atoms with Crippen LogP contribution in [-0.2, 0) is 12.8 Å². The zero-order chi connectivity index (χ0) is 22.9. The highest BCUT2D eigenvalue weighted by molar-refractivity contribution is 5.92. The Balaban J connectivity index is 1.37. The van der Waals surface area contributed by atoms with Crippen molar-refractivity contribution in [2.45, 2.75) is 38.1 Å². The number of piperidine rings is 1. The van der Waals surface area contributed by atoms with Gasteiger partial charge < -0.3 is 9.80 Å². The van der Waals surface area contributed by atoms with Gasteiger partial charge in [-0.3, -0.25) is 9.78 Å². The van der Waals surface area contributed by atoms with Gasteiger partial charge in [0.15, 0.2) is 0 Å². The second-order valence-electron chi connectivity index (χ2n) is 9.16. The standard InChI is InChI=1S/C29H35N3O/c1-31(29(33)27-16-8-9-19-30-27)28(23-25-13-6-3-7-14-25)26-17-21-32(22-18-26)20-10-15-24-11-4-2-5-12-24/h2-9,11-14,16,19,26,28H,10,15,17-18,20-23H2,1H3/t28-/m1/s1. The third-order valence-corrected chi connectivity index (χ3v) is 6.95. The molecule has 0 bridgehead atoms. The number of carbonyl (C=O) groups excluding carboxylic acids is 1. The van der Waals surface area contributed by atoms with E-state index < -0.39 is 0 Å². The predicted molar refractivity (Wildman–Crippen MR) is 134 cm³/mol. The Kier molecular flexibility index (Phi) is 8.26. The number of nitrogens with zero attached hydrogens (tertiary/aromatic N) is 3. The number of aryl methyl sites for hydroxylation is 1. The van der Waals surface area contributed by atoms with Crippen molar-refractivity contribution in [3.63, 3.8) is 0 Å². The molecule has 1 aromatic heterocycles. The maximum Gasteiger partial charge on any atom is 0.272 e. The van der Waals surface area contributed by atoms with E-state index in [-0.39, 0.29) is 11.9 Å². The van der Waals surface area contributed by atoms with Crippen molar-refractivity contribution in [3.05, 3.63) is 102 Å². The minimum Gasteiger partial charge on any atom is -0.337 e. The SMILES string of the molecule is CN(C(=O)c1ccccn1)[C@H](Cc1ccccc1)C1CCN(CCCc2ccccc2)CC1. The molecule has 4 heteroatoms. The first-order chi connectivity index (χ1) is 16.2. The van der Waals surface area contributed by atoms with Crippen LogP contribution in [0.4, 0.5) is 0 Å². The fourth-order valence-corrected chi connectivity index (χ4v) is 5.01. The topological polar surface area (TPSA) is 36.4 Å². The van der Waals surface area contributed by atoms with Gasteiger partial charge in [-0.05, 0) is 80.9 Å². The number of benzene rings is 2. The molecule has 1 amide bonds. The summed E-state index contributed by atoms with van der Waals surface area (Å²) in [4.78, 5) is 22.1. The fourth-order valence-electron chi connectivity index (χ4n) is 5.01. The molecule has 0 aliphatic carbocycles. The first-order valence-electron chi connectivity index (χ1n) is 12.2. The van der Waals surface area contributed by atoms with E-state index in [1.165, 1.54) is 17.5 Å². The van der Waals surface area contributed by atoms with Gasteiger partial charge in [0.1, 0.15) is 5.69 Å². The monoisotopic (exact) mass is 441 g/mol. The van der Waals surface area contributed by atoms with Crippen LogP contribution in [0.1, 0.15) is 40.9 Å². The van der Waals surface area contributed by atoms with Crippen molar-refractivity contribution in [2.75, 3.05) is 26.7 Å². The summed E-state index contributed by atoms with van der Waals surface area (Å²) in [6, 6.07) is 27.0. The van der Waals surface area contributed by atoms with Crippen molar-refractivity contribution in [2.24, 2.45) is 5.92 Å². The van der Waals surface area contributed by atoms with Crippen LogP contribution in [0.2, 0.25) is 0 Å². The third kappa shape index (κ3) is 6.52. The van der Waals surface area contributed by atoms with E-state index in [1.54, 1.807) is 6.20 Å². The highest BCUT2D eigenvalue weighted by Gasteiger charge is 2.32. The van der Waals surface area contributed by atoms with Crippen LogP contribution >= 0.6 is 0 Å². The lowest BCUT2D eigenvalue weighted by atomic mass is 9.84. The number of likely N-dealkylation sites (tertiary alicyclic amines) is 1. The number of hydrogen-bond donors (Lipinski definition) is 0. The van der Waals surface area contributed by atoms with Gasteiger partial charge in [-0.2, -0.15) is 0 Å². The van der Waals surface area contributed by atoms with Crippen LogP contribution in [0.3, 0.4) is 0 Å². The van der Waals surface area contributed by atoms with E-state index in [1.807, 2.05) is 30.1 Å². The molecule has 4 rings (SSSR count). The van der Waals surface area contributed by atoms with Gasteiger partial charge in [-0.1, -0.05) is 66.7 Å². The molecule has 0 radical (unpaired) electrons. The lowest BCUT2D eigenvalue weighted by Gasteiger charge is -2.40. The lowest BCUT2D eigenvalue weighted by molar-refractivity contribution is 0.0584. The first-order valence-corrected chi connectivity index (χ1v) is 12.2. The van der Waals surface area contributed by atoms with Crippen molar-refractivity contribution in [3.8, 4) is 0 Å². The second kappa shape index (κ2) is 11.8. The number of carbonyl (C=O) groups is 1. The first kappa shape index (κ1) is 23.2. The van der Waals surface area contributed by atoms with Crippen molar-refractivity contribution >= 4 is 5.91 Å². The fraction of sp³-hybridized carbons (Fsp3) is 0.379. The number of rotatable bonds is 9. The van der Waals surface area contributed by atoms with Gasteiger partial charge in [0, 0.05) is 19.3 Å². The molecule has 3 aromatic rings. The molecular formula is C29H35N3O. The van der Waals surface area contributed by atoms with Crippen LogP contribution in [0.5, 0.6) is 0 Å². The Labute approximate surface area is 198 Å². The molecule has 1 atom stereocenters. The van der Waals surface area contributed by atoms with E-state index in [0.717, 1.165) is 45.3 Å². The minimum atomic E-state index is 0.0156. The van der Waals surface area contributed by atoms with Gasteiger partial charge in [0.2, 0.25) is 0 Å². The van der Waals surface area contributed by atoms with Gasteiger partial charge in [-0.15, -0.1) is 0 Å². The van der Waals surface area contributed by atoms with Crippen LogP contribution in [0.15, 0.2) is 85.1 Å². The Morgan fingerprint density at radius 2 is 1.58 bits per heavy atom. The average Bonchev–Trinajstić information content (AvgIpc) is 2.89. The molecule has 172 valence electrons. The second-order valence-corrected chi connectivity index (χ2v) is 9.16. The molecule has 33 heavy (non-hydrogen) atoms. The van der Waals surface area contributed by atoms with Crippen molar-refractivity contribution in [1.29, 1.82) is 0 Å². The summed E-state index contributed by atoms with van der Waals surface area (Å²) in [5, 5.41) is 0. The molecule has 4 nitrogen and oxygen atoms in total. The van der Waals surface area contributed by atoms with Gasteiger partial charge in [0.05, 0.1) is 0 Å². The summed E-state index contributed by atoms with van der Waals surface area (Å²) in [7, 11) is 1.96. The Morgan fingerprint density at radius 1 is 0.939 bits per heavy atom. The molecule has 0 unspecified atom stereocenters. The zero-order valence-electron chi connectivity index (χ0n) is 19.6. The Hall–Kier alpha value is -2.98. The number of hydrogen-bond acceptors (Lipinski definition) is 3. The Morgan fingerprint density at radius 3 is 2.21 bits per heavy atom.